The minimum absolute atomic E-state index is 0.135. The number of aliphatic carboxylic acids is 1. The SMILES string of the molecule is Cc1ccccc1C1(C(=O)N2CCC(F)(C(=O)O)C2)CCOCC1. The molecule has 0 aromatic heterocycles. The van der Waals surface area contributed by atoms with E-state index in [2.05, 4.69) is 0 Å². The highest BCUT2D eigenvalue weighted by Gasteiger charge is 2.52. The average molecular weight is 335 g/mol. The zero-order valence-corrected chi connectivity index (χ0v) is 13.8. The third-order valence-electron chi connectivity index (χ3n) is 5.31. The van der Waals surface area contributed by atoms with Crippen molar-refractivity contribution in [2.45, 2.75) is 37.3 Å². The highest BCUT2D eigenvalue weighted by atomic mass is 19.1. The summed E-state index contributed by atoms with van der Waals surface area (Å²) in [6.45, 7) is 2.65. The standard InChI is InChI=1S/C18H22FNO4/c1-13-4-2-3-5-14(13)17(7-10-24-11-8-17)15(21)20-9-6-18(19,12-20)16(22)23/h2-5H,6-12H2,1H3,(H,22,23). The number of alkyl halides is 1. The van der Waals surface area contributed by atoms with E-state index in [1.807, 2.05) is 31.2 Å². The number of hydrogen-bond donors (Lipinski definition) is 1. The molecule has 3 rings (SSSR count). The van der Waals surface area contributed by atoms with Crippen LogP contribution in [0.1, 0.15) is 30.4 Å². The smallest absolute Gasteiger partial charge is 0.343 e. The molecule has 1 amide bonds. The number of amides is 1. The number of rotatable bonds is 3. The van der Waals surface area contributed by atoms with Gasteiger partial charge in [-0.15, -0.1) is 0 Å². The van der Waals surface area contributed by atoms with Crippen LogP contribution in [-0.4, -0.2) is 53.9 Å². The fourth-order valence-corrected chi connectivity index (χ4v) is 3.85. The molecule has 1 aromatic carbocycles. The fraction of sp³-hybridized carbons (Fsp3) is 0.556. The van der Waals surface area contributed by atoms with E-state index in [0.717, 1.165) is 11.1 Å². The first-order valence-corrected chi connectivity index (χ1v) is 8.25. The number of hydrogen-bond acceptors (Lipinski definition) is 3. The molecule has 0 bridgehead atoms. The molecule has 6 heteroatoms. The maximum absolute atomic E-state index is 14.4. The van der Waals surface area contributed by atoms with Gasteiger partial charge in [0.25, 0.3) is 0 Å². The number of nitrogens with zero attached hydrogens (tertiary/aromatic N) is 1. The first kappa shape index (κ1) is 16.9. The summed E-state index contributed by atoms with van der Waals surface area (Å²) in [6, 6.07) is 7.71. The predicted octanol–water partition coefficient (Wildman–Crippen LogP) is 2.07. The van der Waals surface area contributed by atoms with Gasteiger partial charge in [-0.05, 0) is 30.9 Å². The summed E-state index contributed by atoms with van der Waals surface area (Å²) < 4.78 is 19.8. The second-order valence-electron chi connectivity index (χ2n) is 6.76. The summed E-state index contributed by atoms with van der Waals surface area (Å²) in [7, 11) is 0. The normalized spacial score (nSPS) is 26.3. The number of carbonyl (C=O) groups excluding carboxylic acids is 1. The minimum Gasteiger partial charge on any atom is -0.479 e. The van der Waals surface area contributed by atoms with E-state index in [0.29, 0.717) is 26.1 Å². The lowest BCUT2D eigenvalue weighted by molar-refractivity contribution is -0.151. The molecule has 1 atom stereocenters. The van der Waals surface area contributed by atoms with Gasteiger partial charge < -0.3 is 14.7 Å². The third kappa shape index (κ3) is 2.69. The van der Waals surface area contributed by atoms with Gasteiger partial charge in [-0.2, -0.15) is 0 Å². The molecule has 0 aliphatic carbocycles. The number of benzene rings is 1. The highest BCUT2D eigenvalue weighted by Crippen LogP contribution is 2.40. The maximum Gasteiger partial charge on any atom is 0.343 e. The van der Waals surface area contributed by atoms with Crippen molar-refractivity contribution >= 4 is 11.9 Å². The zero-order valence-electron chi connectivity index (χ0n) is 13.8. The molecule has 5 nitrogen and oxygen atoms in total. The lowest BCUT2D eigenvalue weighted by atomic mass is 9.71. The lowest BCUT2D eigenvalue weighted by Crippen LogP contribution is -2.50. The van der Waals surface area contributed by atoms with E-state index in [1.54, 1.807) is 0 Å². The molecule has 1 aromatic rings. The van der Waals surface area contributed by atoms with Crippen LogP contribution in [0, 0.1) is 6.92 Å². The van der Waals surface area contributed by atoms with Crippen LogP contribution in [0.4, 0.5) is 4.39 Å². The van der Waals surface area contributed by atoms with Crippen LogP contribution in [0.15, 0.2) is 24.3 Å². The van der Waals surface area contributed by atoms with Crippen LogP contribution < -0.4 is 0 Å². The Morgan fingerprint density at radius 1 is 1.21 bits per heavy atom. The van der Waals surface area contributed by atoms with Gasteiger partial charge in [0.15, 0.2) is 0 Å². The van der Waals surface area contributed by atoms with Crippen molar-refractivity contribution in [2.24, 2.45) is 0 Å². The number of carboxylic acids is 1. The summed E-state index contributed by atoms with van der Waals surface area (Å²) in [5.41, 5.74) is -1.15. The number of aryl methyl sites for hydroxylation is 1. The number of likely N-dealkylation sites (tertiary alicyclic amines) is 1. The summed E-state index contributed by atoms with van der Waals surface area (Å²) in [5.74, 6) is -1.67. The Labute approximate surface area is 140 Å². The van der Waals surface area contributed by atoms with Gasteiger partial charge in [0.05, 0.1) is 12.0 Å². The average Bonchev–Trinajstić information content (AvgIpc) is 2.99. The molecule has 2 heterocycles. The molecule has 2 fully saturated rings. The van der Waals surface area contributed by atoms with Gasteiger partial charge in [-0.25, -0.2) is 9.18 Å². The van der Waals surface area contributed by atoms with Gasteiger partial charge in [-0.3, -0.25) is 4.79 Å². The van der Waals surface area contributed by atoms with Crippen molar-refractivity contribution in [3.8, 4) is 0 Å². The number of carboxylic acid groups (broad SMARTS) is 1. The van der Waals surface area contributed by atoms with Gasteiger partial charge in [0.1, 0.15) is 0 Å². The van der Waals surface area contributed by atoms with Crippen LogP contribution in [0.5, 0.6) is 0 Å². The molecule has 2 aliphatic heterocycles. The van der Waals surface area contributed by atoms with E-state index in [1.165, 1.54) is 4.90 Å². The topological polar surface area (TPSA) is 66.8 Å². The molecular weight excluding hydrogens is 313 g/mol. The van der Waals surface area contributed by atoms with Gasteiger partial charge in [0, 0.05) is 26.2 Å². The molecule has 130 valence electrons. The Hall–Kier alpha value is -1.95. The maximum atomic E-state index is 14.4. The van der Waals surface area contributed by atoms with E-state index in [4.69, 9.17) is 9.84 Å². The zero-order chi connectivity index (χ0) is 17.4. The van der Waals surface area contributed by atoms with E-state index >= 15 is 0 Å². The molecule has 0 saturated carbocycles. The Morgan fingerprint density at radius 2 is 1.88 bits per heavy atom. The minimum atomic E-state index is -2.34. The Kier molecular flexibility index (Phi) is 4.34. The van der Waals surface area contributed by atoms with Crippen molar-refractivity contribution in [3.05, 3.63) is 35.4 Å². The Balaban J connectivity index is 1.94. The Morgan fingerprint density at radius 3 is 2.46 bits per heavy atom. The van der Waals surface area contributed by atoms with Crippen LogP contribution in [0.2, 0.25) is 0 Å². The second kappa shape index (κ2) is 6.16. The van der Waals surface area contributed by atoms with Crippen molar-refractivity contribution in [1.29, 1.82) is 0 Å². The van der Waals surface area contributed by atoms with Gasteiger partial charge in [0.2, 0.25) is 11.6 Å². The molecule has 2 saturated heterocycles. The predicted molar refractivity (Wildman–Crippen MR) is 85.6 cm³/mol. The monoisotopic (exact) mass is 335 g/mol. The molecule has 1 N–H and O–H groups in total. The molecule has 0 radical (unpaired) electrons. The summed E-state index contributed by atoms with van der Waals surface area (Å²) in [5, 5.41) is 9.07. The van der Waals surface area contributed by atoms with Crippen LogP contribution in [-0.2, 0) is 19.7 Å². The molecule has 0 spiro atoms. The van der Waals surface area contributed by atoms with Crippen molar-refractivity contribution < 1.29 is 23.8 Å². The van der Waals surface area contributed by atoms with Crippen molar-refractivity contribution in [2.75, 3.05) is 26.3 Å². The third-order valence-corrected chi connectivity index (χ3v) is 5.31. The number of halogens is 1. The quantitative estimate of drug-likeness (QED) is 0.918. The summed E-state index contributed by atoms with van der Waals surface area (Å²) in [6.07, 6.45) is 0.896. The molecule has 1 unspecified atom stereocenters. The number of carbonyl (C=O) groups is 2. The first-order chi connectivity index (χ1) is 11.4. The van der Waals surface area contributed by atoms with Gasteiger partial charge in [-0.1, -0.05) is 24.3 Å². The fourth-order valence-electron chi connectivity index (χ4n) is 3.85. The van der Waals surface area contributed by atoms with E-state index in [9.17, 15) is 14.0 Å². The summed E-state index contributed by atoms with van der Waals surface area (Å²) in [4.78, 5) is 25.8. The van der Waals surface area contributed by atoms with Crippen molar-refractivity contribution in [1.82, 2.24) is 4.90 Å². The largest absolute Gasteiger partial charge is 0.479 e. The second-order valence-corrected chi connectivity index (χ2v) is 6.76. The molecular formula is C18H22FNO4. The summed E-state index contributed by atoms with van der Waals surface area (Å²) >= 11 is 0. The van der Waals surface area contributed by atoms with E-state index < -0.39 is 17.1 Å². The van der Waals surface area contributed by atoms with Crippen LogP contribution >= 0.6 is 0 Å². The van der Waals surface area contributed by atoms with Crippen LogP contribution in [0.25, 0.3) is 0 Å². The molecule has 24 heavy (non-hydrogen) atoms. The Bertz CT molecular complexity index is 656. The van der Waals surface area contributed by atoms with Crippen molar-refractivity contribution in [3.63, 3.8) is 0 Å². The van der Waals surface area contributed by atoms with Gasteiger partial charge >= 0.3 is 5.97 Å². The first-order valence-electron chi connectivity index (χ1n) is 8.25. The highest BCUT2D eigenvalue weighted by molar-refractivity contribution is 5.90. The molecule has 2 aliphatic rings. The lowest BCUT2D eigenvalue weighted by Gasteiger charge is -2.40. The van der Waals surface area contributed by atoms with Crippen LogP contribution in [0.3, 0.4) is 0 Å². The van der Waals surface area contributed by atoms with E-state index in [-0.39, 0.29) is 25.4 Å². The number of ether oxygens (including phenoxy) is 1.